The molecule has 0 radical (unpaired) electrons. The Labute approximate surface area is 307 Å². The average molecular weight is 725 g/mol. The molecule has 10 heteroatoms. The number of halogens is 4. The summed E-state index contributed by atoms with van der Waals surface area (Å²) in [5, 5.41) is 7.58. The van der Waals surface area contributed by atoms with Gasteiger partial charge in [-0.2, -0.15) is 0 Å². The summed E-state index contributed by atoms with van der Waals surface area (Å²) in [6.07, 6.45) is 3.33. The number of hydrogen-bond acceptors (Lipinski definition) is 4. The van der Waals surface area contributed by atoms with Crippen molar-refractivity contribution < 1.29 is 27.2 Å². The number of H-pyrrole nitrogens is 2. The lowest BCUT2D eigenvalue weighted by molar-refractivity contribution is 0.0963. The van der Waals surface area contributed by atoms with E-state index in [1.807, 2.05) is 84.9 Å². The lowest BCUT2D eigenvalue weighted by Crippen LogP contribution is -2.21. The molecule has 0 aliphatic carbocycles. The first-order valence-electron chi connectivity index (χ1n) is 17.0. The van der Waals surface area contributed by atoms with Crippen LogP contribution in [0.15, 0.2) is 158 Å². The number of rotatable bonds is 10. The van der Waals surface area contributed by atoms with Crippen molar-refractivity contribution in [2.45, 2.75) is 12.1 Å². The fourth-order valence-electron chi connectivity index (χ4n) is 6.36. The van der Waals surface area contributed by atoms with Crippen LogP contribution in [0.4, 0.5) is 28.9 Å². The van der Waals surface area contributed by atoms with Gasteiger partial charge in [-0.3, -0.25) is 9.59 Å². The van der Waals surface area contributed by atoms with Crippen LogP contribution in [-0.2, 0) is 0 Å². The molecule has 0 spiro atoms. The summed E-state index contributed by atoms with van der Waals surface area (Å²) in [5.74, 6) is -3.20. The zero-order valence-electron chi connectivity index (χ0n) is 28.5. The molecule has 6 nitrogen and oxygen atoms in total. The number of fused-ring (bicyclic) bond motifs is 2. The van der Waals surface area contributed by atoms with E-state index >= 15 is 0 Å². The molecule has 0 amide bonds. The van der Waals surface area contributed by atoms with Crippen molar-refractivity contribution in [1.29, 1.82) is 0 Å². The molecule has 0 saturated heterocycles. The second-order valence-corrected chi connectivity index (χ2v) is 12.5. The summed E-state index contributed by atoms with van der Waals surface area (Å²) in [6, 6.07) is 37.9. The van der Waals surface area contributed by atoms with Gasteiger partial charge in [0.2, 0.25) is 0 Å². The first-order chi connectivity index (χ1) is 26.2. The highest BCUT2D eigenvalue weighted by atomic mass is 19.1. The van der Waals surface area contributed by atoms with Crippen molar-refractivity contribution in [1.82, 2.24) is 9.97 Å². The van der Waals surface area contributed by atoms with Crippen molar-refractivity contribution in [3.05, 3.63) is 204 Å². The summed E-state index contributed by atoms with van der Waals surface area (Å²) in [6.45, 7) is 0. The number of para-hydroxylation sites is 2. The molecule has 0 saturated carbocycles. The molecule has 0 aliphatic rings. The zero-order chi connectivity index (χ0) is 37.6. The Kier molecular flexibility index (Phi) is 10.3. The number of aromatic nitrogens is 2. The molecule has 54 heavy (non-hydrogen) atoms. The molecule has 2 aromatic heterocycles. The van der Waals surface area contributed by atoms with E-state index in [0.29, 0.717) is 22.3 Å². The molecule has 2 heterocycles. The molecule has 8 aromatic rings. The van der Waals surface area contributed by atoms with Crippen LogP contribution in [0.3, 0.4) is 0 Å². The highest BCUT2D eigenvalue weighted by molar-refractivity contribution is 6.12. The summed E-state index contributed by atoms with van der Waals surface area (Å²) in [5.41, 5.74) is 4.56. The molecular formula is C44H32F4N4O2. The third-order valence-corrected chi connectivity index (χ3v) is 8.85. The van der Waals surface area contributed by atoms with E-state index in [-0.39, 0.29) is 22.9 Å². The Balaban J connectivity index is 0.000000167. The maximum atomic E-state index is 13.6. The van der Waals surface area contributed by atoms with Crippen molar-refractivity contribution in [3.8, 4) is 0 Å². The summed E-state index contributed by atoms with van der Waals surface area (Å²) in [7, 11) is 0. The lowest BCUT2D eigenvalue weighted by atomic mass is 9.96. The third-order valence-electron chi connectivity index (χ3n) is 8.85. The van der Waals surface area contributed by atoms with Gasteiger partial charge in [0.15, 0.2) is 11.6 Å². The van der Waals surface area contributed by atoms with E-state index in [4.69, 9.17) is 0 Å². The highest BCUT2D eigenvalue weighted by Crippen LogP contribution is 2.30. The molecular weight excluding hydrogens is 693 g/mol. The van der Waals surface area contributed by atoms with Crippen LogP contribution < -0.4 is 10.6 Å². The second kappa shape index (κ2) is 15.7. The largest absolute Gasteiger partial charge is 0.371 e. The molecule has 6 aromatic carbocycles. The minimum Gasteiger partial charge on any atom is -0.371 e. The van der Waals surface area contributed by atoms with Gasteiger partial charge < -0.3 is 20.6 Å². The van der Waals surface area contributed by atoms with E-state index < -0.39 is 35.4 Å². The number of nitrogens with one attached hydrogen (secondary N) is 4. The Bertz CT molecular complexity index is 2350. The van der Waals surface area contributed by atoms with Crippen molar-refractivity contribution in [2.75, 3.05) is 10.6 Å². The van der Waals surface area contributed by atoms with Crippen LogP contribution >= 0.6 is 0 Å². The fraction of sp³-hybridized carbons (Fsp3) is 0.0455. The number of anilines is 2. The standard InChI is InChI=1S/2C22H16F2N2O/c2*23-15-10-16(24)12-17(11-15)26-21(14-6-2-1-3-7-14)22(27)19-13-25-20-9-5-4-8-18(19)20/h2*1-13,21,25-26H. The van der Waals surface area contributed by atoms with E-state index in [1.165, 1.54) is 24.3 Å². The molecule has 0 fully saturated rings. The number of benzene rings is 6. The number of carbonyl (C=O) groups is 2. The summed E-state index contributed by atoms with van der Waals surface area (Å²) < 4.78 is 54.4. The smallest absolute Gasteiger partial charge is 0.191 e. The fourth-order valence-corrected chi connectivity index (χ4v) is 6.36. The normalized spacial score (nSPS) is 12.1. The van der Waals surface area contributed by atoms with Gasteiger partial charge in [0.1, 0.15) is 35.4 Å². The van der Waals surface area contributed by atoms with Gasteiger partial charge in [-0.05, 0) is 47.5 Å². The molecule has 4 N–H and O–H groups in total. The minimum atomic E-state index is -0.786. The molecule has 268 valence electrons. The minimum absolute atomic E-state index is 0.191. The predicted molar refractivity (Wildman–Crippen MR) is 204 cm³/mol. The van der Waals surface area contributed by atoms with Crippen LogP contribution in [0.1, 0.15) is 43.9 Å². The first kappa shape index (κ1) is 35.5. The summed E-state index contributed by atoms with van der Waals surface area (Å²) in [4.78, 5) is 32.8. The Hall–Kier alpha value is -6.94. The lowest BCUT2D eigenvalue weighted by Gasteiger charge is -2.19. The molecule has 0 aliphatic heterocycles. The van der Waals surface area contributed by atoms with Gasteiger partial charge in [-0.15, -0.1) is 0 Å². The number of Topliss-reactive ketones (excluding diaryl/α,β-unsaturated/α-hetero) is 2. The molecule has 0 bridgehead atoms. The second-order valence-electron chi connectivity index (χ2n) is 12.5. The Morgan fingerprint density at radius 1 is 0.444 bits per heavy atom. The van der Waals surface area contributed by atoms with Gasteiger partial charge in [-0.1, -0.05) is 97.1 Å². The quantitative estimate of drug-likeness (QED) is 0.0835. The van der Waals surface area contributed by atoms with E-state index in [9.17, 15) is 27.2 Å². The number of ketones is 2. The predicted octanol–water partition coefficient (Wildman–Crippen LogP) is 11.0. The van der Waals surface area contributed by atoms with Crippen molar-refractivity contribution >= 4 is 44.7 Å². The van der Waals surface area contributed by atoms with Gasteiger partial charge in [0.25, 0.3) is 0 Å². The topological polar surface area (TPSA) is 89.8 Å². The van der Waals surface area contributed by atoms with Crippen LogP contribution in [0, 0.1) is 23.3 Å². The van der Waals surface area contributed by atoms with Crippen LogP contribution in [0.2, 0.25) is 0 Å². The highest BCUT2D eigenvalue weighted by Gasteiger charge is 2.26. The van der Waals surface area contributed by atoms with Crippen molar-refractivity contribution in [3.63, 3.8) is 0 Å². The third kappa shape index (κ3) is 7.93. The van der Waals surface area contributed by atoms with Gasteiger partial charge in [0, 0.05) is 68.8 Å². The SMILES string of the molecule is O=C(c1c[nH]c2ccccc12)C(Nc1cc(F)cc(F)c1)c1ccccc1.O=C(c1c[nH]c2ccccc12)C(Nc1cc(F)cc(F)c1)c1ccccc1. The maximum Gasteiger partial charge on any atom is 0.191 e. The average Bonchev–Trinajstić information content (AvgIpc) is 3.81. The molecule has 8 rings (SSSR count). The van der Waals surface area contributed by atoms with Crippen LogP contribution in [0.5, 0.6) is 0 Å². The number of hydrogen-bond donors (Lipinski definition) is 4. The van der Waals surface area contributed by atoms with Crippen LogP contribution in [0.25, 0.3) is 21.8 Å². The van der Waals surface area contributed by atoms with Crippen LogP contribution in [-0.4, -0.2) is 21.5 Å². The first-order valence-corrected chi connectivity index (χ1v) is 17.0. The van der Waals surface area contributed by atoms with Gasteiger partial charge in [0.05, 0.1) is 0 Å². The van der Waals surface area contributed by atoms with Gasteiger partial charge in [-0.25, -0.2) is 17.6 Å². The summed E-state index contributed by atoms with van der Waals surface area (Å²) >= 11 is 0. The Morgan fingerprint density at radius 3 is 1.15 bits per heavy atom. The monoisotopic (exact) mass is 724 g/mol. The van der Waals surface area contributed by atoms with Gasteiger partial charge >= 0.3 is 0 Å². The Morgan fingerprint density at radius 2 is 0.778 bits per heavy atom. The van der Waals surface area contributed by atoms with Crippen molar-refractivity contribution in [2.24, 2.45) is 0 Å². The van der Waals surface area contributed by atoms with E-state index in [0.717, 1.165) is 33.9 Å². The van der Waals surface area contributed by atoms with E-state index in [2.05, 4.69) is 20.6 Å². The zero-order valence-corrected chi connectivity index (χ0v) is 28.5. The molecule has 2 atom stereocenters. The van der Waals surface area contributed by atoms with E-state index in [1.54, 1.807) is 36.7 Å². The maximum absolute atomic E-state index is 13.6. The molecule has 2 unspecified atom stereocenters. The number of aromatic amines is 2. The number of carbonyl (C=O) groups excluding carboxylic acids is 2.